The first-order valence-electron chi connectivity index (χ1n) is 11.9. The molecule has 0 aliphatic carbocycles. The van der Waals surface area contributed by atoms with Crippen molar-refractivity contribution in [3.63, 3.8) is 0 Å². The van der Waals surface area contributed by atoms with Gasteiger partial charge in [0.25, 0.3) is 0 Å². The summed E-state index contributed by atoms with van der Waals surface area (Å²) in [5.74, 6) is -0.412. The Morgan fingerprint density at radius 2 is 2.00 bits per heavy atom. The Bertz CT molecular complexity index is 1460. The molecule has 39 heavy (non-hydrogen) atoms. The zero-order valence-corrected chi connectivity index (χ0v) is 22.4. The molecule has 2 aromatic carbocycles. The van der Waals surface area contributed by atoms with E-state index in [4.69, 9.17) is 16.3 Å². The van der Waals surface area contributed by atoms with Gasteiger partial charge in [-0.05, 0) is 51.4 Å². The van der Waals surface area contributed by atoms with Crippen molar-refractivity contribution in [1.29, 1.82) is 5.26 Å². The molecule has 1 amide bonds. The fourth-order valence-corrected chi connectivity index (χ4v) is 3.51. The second-order valence-corrected chi connectivity index (χ2v) is 8.68. The van der Waals surface area contributed by atoms with Crippen LogP contribution in [0.1, 0.15) is 12.5 Å². The molecule has 0 fully saturated rings. The predicted molar refractivity (Wildman–Crippen MR) is 151 cm³/mol. The monoisotopic (exact) mass is 547 g/mol. The molecule has 0 radical (unpaired) electrons. The van der Waals surface area contributed by atoms with Crippen LogP contribution in [-0.4, -0.2) is 53.0 Å². The topological polar surface area (TPSA) is 116 Å². The quantitative estimate of drug-likeness (QED) is 0.275. The van der Waals surface area contributed by atoms with Crippen molar-refractivity contribution in [3.05, 3.63) is 89.9 Å². The Kier molecular flexibility index (Phi) is 10.7. The smallest absolute Gasteiger partial charge is 0.248 e. The number of hydrogen-bond acceptors (Lipinski definition) is 8. The summed E-state index contributed by atoms with van der Waals surface area (Å²) >= 11 is 5.91. The number of hydrogen-bond donors (Lipinski definition) is 2. The van der Waals surface area contributed by atoms with Gasteiger partial charge in [0.2, 0.25) is 5.91 Å². The van der Waals surface area contributed by atoms with Gasteiger partial charge in [-0.1, -0.05) is 17.7 Å². The summed E-state index contributed by atoms with van der Waals surface area (Å²) in [4.78, 5) is 26.1. The Morgan fingerprint density at radius 1 is 1.23 bits per heavy atom. The van der Waals surface area contributed by atoms with Crippen LogP contribution >= 0.6 is 11.6 Å². The lowest BCUT2D eigenvalue weighted by Crippen LogP contribution is -2.13. The second-order valence-electron chi connectivity index (χ2n) is 8.27. The standard InChI is InChI=1S/C24H23ClFN5O2.C4H4N2/c1-4-33-22-12-20-17(11-21(22)30-23(32)6-5-9-31(2)3)24(15(13-27)14-28-20)29-16-7-8-19(26)18(25)10-16;1-2-5-4-6-3-1/h5-8,10-12,14H,4,9H2,1-3H3,(H,28,29)(H,30,32);1-4H. The number of nitrogens with one attached hydrogen (secondary N) is 2. The highest BCUT2D eigenvalue weighted by molar-refractivity contribution is 6.31. The van der Waals surface area contributed by atoms with Crippen LogP contribution in [0.2, 0.25) is 5.02 Å². The average Bonchev–Trinajstić information content (AvgIpc) is 2.92. The van der Waals surface area contributed by atoms with Crippen molar-refractivity contribution in [2.45, 2.75) is 6.92 Å². The highest BCUT2D eigenvalue weighted by Gasteiger charge is 2.15. The molecule has 0 bridgehead atoms. The molecule has 0 saturated carbocycles. The van der Waals surface area contributed by atoms with Gasteiger partial charge >= 0.3 is 0 Å². The summed E-state index contributed by atoms with van der Waals surface area (Å²) in [6.45, 7) is 2.85. The maximum absolute atomic E-state index is 13.6. The molecule has 0 unspecified atom stereocenters. The van der Waals surface area contributed by atoms with Crippen LogP contribution in [0.25, 0.3) is 10.9 Å². The van der Waals surface area contributed by atoms with Crippen LogP contribution in [0.3, 0.4) is 0 Å². The van der Waals surface area contributed by atoms with Gasteiger partial charge in [-0.3, -0.25) is 9.78 Å². The lowest BCUT2D eigenvalue weighted by Gasteiger charge is -2.16. The SMILES string of the molecule is CCOc1cc2ncc(C#N)c(Nc3ccc(F)c(Cl)c3)c2cc1NC(=O)C=CCN(C)C.c1cncnc1. The van der Waals surface area contributed by atoms with E-state index in [2.05, 4.69) is 31.7 Å². The first-order chi connectivity index (χ1) is 18.8. The molecule has 0 saturated heterocycles. The van der Waals surface area contributed by atoms with Gasteiger partial charge < -0.3 is 20.3 Å². The highest BCUT2D eigenvalue weighted by atomic mass is 35.5. The zero-order chi connectivity index (χ0) is 28.2. The van der Waals surface area contributed by atoms with E-state index >= 15 is 0 Å². The van der Waals surface area contributed by atoms with E-state index in [0.29, 0.717) is 46.9 Å². The normalized spacial score (nSPS) is 10.6. The van der Waals surface area contributed by atoms with E-state index in [9.17, 15) is 14.4 Å². The van der Waals surface area contributed by atoms with E-state index in [-0.39, 0.29) is 16.5 Å². The van der Waals surface area contributed by atoms with Crippen LogP contribution in [0.15, 0.2) is 73.5 Å². The van der Waals surface area contributed by atoms with Crippen molar-refractivity contribution in [1.82, 2.24) is 19.9 Å². The third-order valence-electron chi connectivity index (χ3n) is 5.05. The molecule has 200 valence electrons. The van der Waals surface area contributed by atoms with Crippen molar-refractivity contribution in [3.8, 4) is 11.8 Å². The maximum atomic E-state index is 13.6. The van der Waals surface area contributed by atoms with Gasteiger partial charge in [0, 0.05) is 48.4 Å². The molecule has 4 aromatic rings. The summed E-state index contributed by atoms with van der Waals surface area (Å²) in [6, 6.07) is 11.5. The van der Waals surface area contributed by atoms with E-state index in [1.807, 2.05) is 25.9 Å². The molecule has 2 heterocycles. The van der Waals surface area contributed by atoms with Gasteiger partial charge in [0.15, 0.2) is 0 Å². The van der Waals surface area contributed by atoms with Crippen molar-refractivity contribution in [2.75, 3.05) is 37.9 Å². The molecular weight excluding hydrogens is 521 g/mol. The number of amides is 1. The van der Waals surface area contributed by atoms with Gasteiger partial charge in [0.05, 0.1) is 34.1 Å². The summed E-state index contributed by atoms with van der Waals surface area (Å²) in [5.41, 5.74) is 2.20. The molecule has 4 rings (SSSR count). The number of fused-ring (bicyclic) bond motifs is 1. The summed E-state index contributed by atoms with van der Waals surface area (Å²) < 4.78 is 19.3. The Balaban J connectivity index is 0.000000617. The fraction of sp³-hybridized carbons (Fsp3) is 0.179. The van der Waals surface area contributed by atoms with E-state index in [1.54, 1.807) is 36.7 Å². The highest BCUT2D eigenvalue weighted by Crippen LogP contribution is 2.36. The molecular formula is C28H27ClFN7O2. The number of halogens is 2. The number of benzene rings is 2. The lowest BCUT2D eigenvalue weighted by molar-refractivity contribution is -0.111. The third-order valence-corrected chi connectivity index (χ3v) is 5.34. The number of carbonyl (C=O) groups excluding carboxylic acids is 1. The van der Waals surface area contributed by atoms with Crippen molar-refractivity contribution in [2.24, 2.45) is 0 Å². The van der Waals surface area contributed by atoms with Crippen LogP contribution in [0, 0.1) is 17.1 Å². The first-order valence-corrected chi connectivity index (χ1v) is 12.2. The molecule has 11 heteroatoms. The summed E-state index contributed by atoms with van der Waals surface area (Å²) in [7, 11) is 3.81. The molecule has 2 N–H and O–H groups in total. The average molecular weight is 548 g/mol. The Hall–Kier alpha value is -4.59. The van der Waals surface area contributed by atoms with Crippen LogP contribution in [0.4, 0.5) is 21.5 Å². The molecule has 0 atom stereocenters. The first kappa shape index (κ1) is 29.0. The molecule has 9 nitrogen and oxygen atoms in total. The minimum atomic E-state index is -0.545. The lowest BCUT2D eigenvalue weighted by atomic mass is 10.1. The number of ether oxygens (including phenoxy) is 1. The number of nitriles is 1. The number of likely N-dealkylation sites (N-methyl/N-ethyl adjacent to an activating group) is 1. The minimum absolute atomic E-state index is 0.0482. The van der Waals surface area contributed by atoms with Crippen molar-refractivity contribution < 1.29 is 13.9 Å². The predicted octanol–water partition coefficient (Wildman–Crippen LogP) is 5.57. The number of rotatable bonds is 8. The largest absolute Gasteiger partial charge is 0.492 e. The second kappa shape index (κ2) is 14.4. The van der Waals surface area contributed by atoms with E-state index in [0.717, 1.165) is 0 Å². The number of carbonyl (C=O) groups is 1. The van der Waals surface area contributed by atoms with Gasteiger partial charge in [-0.15, -0.1) is 0 Å². The third kappa shape index (κ3) is 8.46. The van der Waals surface area contributed by atoms with Crippen molar-refractivity contribution >= 4 is 45.5 Å². The summed E-state index contributed by atoms with van der Waals surface area (Å²) in [6.07, 6.45) is 9.51. The number of aromatic nitrogens is 3. The summed E-state index contributed by atoms with van der Waals surface area (Å²) in [5, 5.41) is 16.1. The number of nitrogens with zero attached hydrogens (tertiary/aromatic N) is 5. The molecule has 2 aromatic heterocycles. The van der Waals surface area contributed by atoms with Gasteiger partial charge in [-0.25, -0.2) is 14.4 Å². The maximum Gasteiger partial charge on any atom is 0.248 e. The molecule has 0 aliphatic rings. The number of pyridine rings is 1. The van der Waals surface area contributed by atoms with E-state index < -0.39 is 5.82 Å². The van der Waals surface area contributed by atoms with Crippen LogP contribution in [-0.2, 0) is 4.79 Å². The Labute approximate surface area is 230 Å². The van der Waals surface area contributed by atoms with E-state index in [1.165, 1.54) is 36.8 Å². The Morgan fingerprint density at radius 3 is 2.59 bits per heavy atom. The minimum Gasteiger partial charge on any atom is -0.492 e. The fourth-order valence-electron chi connectivity index (χ4n) is 3.33. The van der Waals surface area contributed by atoms with Gasteiger partial charge in [-0.2, -0.15) is 5.26 Å². The van der Waals surface area contributed by atoms with Crippen LogP contribution in [0.5, 0.6) is 5.75 Å². The van der Waals surface area contributed by atoms with Gasteiger partial charge in [0.1, 0.15) is 24.0 Å². The zero-order valence-electron chi connectivity index (χ0n) is 21.7. The molecule has 0 aliphatic heterocycles. The number of anilines is 3. The molecule has 0 spiro atoms. The van der Waals surface area contributed by atoms with Crippen LogP contribution < -0.4 is 15.4 Å².